The minimum absolute atomic E-state index is 0.0660. The highest BCUT2D eigenvalue weighted by atomic mass is 19.4. The van der Waals surface area contributed by atoms with E-state index < -0.39 is 23.9 Å². The van der Waals surface area contributed by atoms with Crippen LogP contribution in [0.1, 0.15) is 23.4 Å². The van der Waals surface area contributed by atoms with Crippen LogP contribution in [0.25, 0.3) is 22.2 Å². The van der Waals surface area contributed by atoms with Crippen molar-refractivity contribution in [1.82, 2.24) is 39.6 Å². The van der Waals surface area contributed by atoms with Crippen LogP contribution in [0.4, 0.5) is 36.6 Å². The zero-order chi connectivity index (χ0) is 31.9. The van der Waals surface area contributed by atoms with Gasteiger partial charge in [-0.05, 0) is 31.9 Å². The van der Waals surface area contributed by atoms with Crippen LogP contribution in [-0.2, 0) is 18.0 Å². The lowest BCUT2D eigenvalue weighted by Gasteiger charge is -2.17. The molecule has 0 saturated carbocycles. The highest BCUT2D eigenvalue weighted by molar-refractivity contribution is 6.06. The summed E-state index contributed by atoms with van der Waals surface area (Å²) in [4.78, 5) is 34.3. The highest BCUT2D eigenvalue weighted by Crippen LogP contribution is 2.34. The Morgan fingerprint density at radius 3 is 2.78 bits per heavy atom. The number of hydrogen-bond acceptors (Lipinski definition) is 10. The van der Waals surface area contributed by atoms with Gasteiger partial charge in [-0.1, -0.05) is 12.1 Å². The van der Waals surface area contributed by atoms with Gasteiger partial charge in [0.2, 0.25) is 23.7 Å². The van der Waals surface area contributed by atoms with Gasteiger partial charge in [0.15, 0.2) is 11.5 Å². The monoisotopic (exact) mass is 621 g/mol. The SMILES string of the molecule is Cc1cnc(Nc2cc(C)n(C)n2)nc1-c1c[nH]c2c(NC(=O)CN3CCC(Oc4cc(C(F)(F)F)nc(N)n4)C3)cccc12. The van der Waals surface area contributed by atoms with E-state index in [0.717, 1.165) is 39.5 Å². The molecule has 1 aliphatic heterocycles. The topological polar surface area (TPSA) is 165 Å². The van der Waals surface area contributed by atoms with Crippen LogP contribution in [-0.4, -0.2) is 71.2 Å². The molecular weight excluding hydrogens is 591 g/mol. The summed E-state index contributed by atoms with van der Waals surface area (Å²) in [6.45, 7) is 4.79. The van der Waals surface area contributed by atoms with Crippen LogP contribution in [0.2, 0.25) is 0 Å². The van der Waals surface area contributed by atoms with Crippen molar-refractivity contribution in [2.75, 3.05) is 36.0 Å². The maximum absolute atomic E-state index is 13.1. The number of benzene rings is 1. The molecule has 5 heterocycles. The third-order valence-corrected chi connectivity index (χ3v) is 7.46. The number of anilines is 4. The molecule has 0 radical (unpaired) electrons. The van der Waals surface area contributed by atoms with Gasteiger partial charge in [0.1, 0.15) is 6.10 Å². The van der Waals surface area contributed by atoms with Crippen molar-refractivity contribution >= 4 is 40.2 Å². The first kappa shape index (κ1) is 29.8. The lowest BCUT2D eigenvalue weighted by Crippen LogP contribution is -2.33. The number of alkyl halides is 3. The van der Waals surface area contributed by atoms with Gasteiger partial charge in [0.05, 0.1) is 23.4 Å². The predicted octanol–water partition coefficient (Wildman–Crippen LogP) is 4.20. The number of carbonyl (C=O) groups excluding carboxylic acids is 1. The number of nitrogens with zero attached hydrogens (tertiary/aromatic N) is 7. The van der Waals surface area contributed by atoms with Gasteiger partial charge in [-0.25, -0.2) is 15.0 Å². The summed E-state index contributed by atoms with van der Waals surface area (Å²) < 4.78 is 46.7. The molecule has 5 N–H and O–H groups in total. The van der Waals surface area contributed by atoms with E-state index >= 15 is 0 Å². The molecule has 1 aromatic carbocycles. The van der Waals surface area contributed by atoms with E-state index in [9.17, 15) is 18.0 Å². The Kier molecular flexibility index (Phi) is 7.74. The Balaban J connectivity index is 1.12. The second-order valence-corrected chi connectivity index (χ2v) is 10.8. The number of aryl methyl sites for hydroxylation is 3. The van der Waals surface area contributed by atoms with Gasteiger partial charge < -0.3 is 26.1 Å². The molecule has 13 nitrogen and oxygen atoms in total. The van der Waals surface area contributed by atoms with E-state index in [-0.39, 0.29) is 18.3 Å². The predicted molar refractivity (Wildman–Crippen MR) is 161 cm³/mol. The summed E-state index contributed by atoms with van der Waals surface area (Å²) in [5, 5.41) is 11.4. The second kappa shape index (κ2) is 11.7. The number of amides is 1. The van der Waals surface area contributed by atoms with Gasteiger partial charge in [0, 0.05) is 61.3 Å². The number of nitrogen functional groups attached to an aromatic ring is 1. The average molecular weight is 622 g/mol. The molecule has 6 rings (SSSR count). The highest BCUT2D eigenvalue weighted by Gasteiger charge is 2.34. The third kappa shape index (κ3) is 6.50. The summed E-state index contributed by atoms with van der Waals surface area (Å²) in [5.41, 5.74) is 9.04. The number of aromatic nitrogens is 7. The molecule has 1 fully saturated rings. The number of halogens is 3. The molecule has 5 aromatic rings. The fourth-order valence-corrected chi connectivity index (χ4v) is 5.21. The van der Waals surface area contributed by atoms with Crippen LogP contribution in [0.15, 0.2) is 42.7 Å². The quantitative estimate of drug-likeness (QED) is 0.197. The molecule has 0 bridgehead atoms. The van der Waals surface area contributed by atoms with Gasteiger partial charge in [-0.15, -0.1) is 0 Å². The number of likely N-dealkylation sites (tertiary alicyclic amines) is 1. The van der Waals surface area contributed by atoms with Gasteiger partial charge in [-0.3, -0.25) is 14.4 Å². The number of aromatic amines is 1. The Morgan fingerprint density at radius 2 is 2.02 bits per heavy atom. The van der Waals surface area contributed by atoms with E-state index in [2.05, 4.69) is 35.7 Å². The van der Waals surface area contributed by atoms with Crippen molar-refractivity contribution in [1.29, 1.82) is 0 Å². The first-order valence-corrected chi connectivity index (χ1v) is 14.1. The minimum Gasteiger partial charge on any atom is -0.473 e. The van der Waals surface area contributed by atoms with Crippen LogP contribution in [0, 0.1) is 13.8 Å². The molecule has 1 amide bonds. The van der Waals surface area contributed by atoms with Crippen LogP contribution in [0.5, 0.6) is 5.88 Å². The lowest BCUT2D eigenvalue weighted by atomic mass is 10.1. The van der Waals surface area contributed by atoms with Gasteiger partial charge in [0.25, 0.3) is 0 Å². The normalized spacial score (nSPS) is 15.5. The number of carbonyl (C=O) groups is 1. The zero-order valence-corrected chi connectivity index (χ0v) is 24.6. The molecule has 4 aromatic heterocycles. The summed E-state index contributed by atoms with van der Waals surface area (Å²) in [6.07, 6.45) is -1.04. The molecule has 0 spiro atoms. The number of hydrogen-bond donors (Lipinski definition) is 4. The van der Waals surface area contributed by atoms with Crippen LogP contribution >= 0.6 is 0 Å². The third-order valence-electron chi connectivity index (χ3n) is 7.46. The molecule has 1 unspecified atom stereocenters. The Hall–Kier alpha value is -5.25. The fourth-order valence-electron chi connectivity index (χ4n) is 5.21. The molecule has 1 atom stereocenters. The Morgan fingerprint density at radius 1 is 1.20 bits per heavy atom. The number of H-pyrrole nitrogens is 1. The van der Waals surface area contributed by atoms with Crippen molar-refractivity contribution in [2.45, 2.75) is 32.5 Å². The lowest BCUT2D eigenvalue weighted by molar-refractivity contribution is -0.141. The van der Waals surface area contributed by atoms with Crippen molar-refractivity contribution in [3.05, 3.63) is 59.7 Å². The van der Waals surface area contributed by atoms with Crippen molar-refractivity contribution < 1.29 is 22.7 Å². The van der Waals surface area contributed by atoms with Gasteiger partial charge in [-0.2, -0.15) is 23.3 Å². The second-order valence-electron chi connectivity index (χ2n) is 10.8. The summed E-state index contributed by atoms with van der Waals surface area (Å²) in [5.74, 6) is 0.0138. The van der Waals surface area contributed by atoms with E-state index in [1.54, 1.807) is 16.9 Å². The van der Waals surface area contributed by atoms with Crippen molar-refractivity contribution in [2.24, 2.45) is 7.05 Å². The van der Waals surface area contributed by atoms with E-state index in [0.29, 0.717) is 37.0 Å². The molecule has 45 heavy (non-hydrogen) atoms. The summed E-state index contributed by atoms with van der Waals surface area (Å²) in [6, 6.07) is 8.22. The summed E-state index contributed by atoms with van der Waals surface area (Å²) >= 11 is 0. The van der Waals surface area contributed by atoms with Gasteiger partial charge >= 0.3 is 6.18 Å². The van der Waals surface area contributed by atoms with Crippen molar-refractivity contribution in [3.8, 4) is 17.1 Å². The first-order valence-electron chi connectivity index (χ1n) is 14.1. The molecule has 1 aliphatic rings. The van der Waals surface area contributed by atoms with E-state index in [1.165, 1.54) is 0 Å². The minimum atomic E-state index is -4.68. The fraction of sp³-hybridized carbons (Fsp3) is 0.310. The molecule has 234 valence electrons. The average Bonchev–Trinajstić information content (AvgIpc) is 3.68. The molecule has 16 heteroatoms. The maximum atomic E-state index is 13.1. The first-order chi connectivity index (χ1) is 21.4. The number of rotatable bonds is 8. The number of para-hydroxylation sites is 1. The molecule has 1 saturated heterocycles. The van der Waals surface area contributed by atoms with E-state index in [4.69, 9.17) is 15.5 Å². The van der Waals surface area contributed by atoms with E-state index in [1.807, 2.05) is 50.2 Å². The number of nitrogens with one attached hydrogen (secondary N) is 3. The Labute approximate surface area is 255 Å². The summed E-state index contributed by atoms with van der Waals surface area (Å²) in [7, 11) is 1.86. The molecule has 0 aliphatic carbocycles. The smallest absolute Gasteiger partial charge is 0.433 e. The molecular formula is C29H30F3N11O2. The van der Waals surface area contributed by atoms with Crippen LogP contribution in [0.3, 0.4) is 0 Å². The number of nitrogens with two attached hydrogens (primary N) is 1. The number of ether oxygens (including phenoxy) is 1. The Bertz CT molecular complexity index is 1870. The number of fused-ring (bicyclic) bond motifs is 1. The maximum Gasteiger partial charge on any atom is 0.433 e. The standard InChI is InChI=1S/C29H30F3N11O2/c1-15-11-35-28(38-22-9-16(2)42(3)41-22)40-25(15)19-12-34-26-18(19)5-4-6-20(26)36-23(44)14-43-8-7-17(13-43)45-24-10-21(29(30,31)32)37-27(33)39-24/h4-6,9-12,17,34H,7-8,13-14H2,1-3H3,(H,36,44)(H2,33,37,39)(H,35,38,40,41). The van der Waals surface area contributed by atoms with Crippen molar-refractivity contribution in [3.63, 3.8) is 0 Å². The van der Waals surface area contributed by atoms with Crippen LogP contribution < -0.4 is 21.1 Å². The largest absolute Gasteiger partial charge is 0.473 e. The zero-order valence-electron chi connectivity index (χ0n) is 24.6.